The average molecular weight is 151 g/mol. The zero-order valence-electron chi connectivity index (χ0n) is 5.32. The van der Waals surface area contributed by atoms with Gasteiger partial charge in [-0.1, -0.05) is 5.57 Å². The maximum atomic E-state index is 11.6. The van der Waals surface area contributed by atoms with Crippen molar-refractivity contribution in [2.45, 2.75) is 6.42 Å². The van der Waals surface area contributed by atoms with Crippen molar-refractivity contribution in [2.75, 3.05) is 13.2 Å². The van der Waals surface area contributed by atoms with Crippen molar-refractivity contribution < 1.29 is 17.7 Å². The van der Waals surface area contributed by atoms with E-state index in [9.17, 15) is 12.9 Å². The molecule has 1 nitrogen and oxygen atoms in total. The Kier molecular flexibility index (Phi) is 2.04. The molecule has 58 valence electrons. The molecule has 0 aromatic heterocycles. The lowest BCUT2D eigenvalue weighted by molar-refractivity contribution is 0.204. The lowest BCUT2D eigenvalue weighted by Gasteiger charge is -2.08. The van der Waals surface area contributed by atoms with Crippen molar-refractivity contribution in [3.05, 3.63) is 11.5 Å². The molecule has 0 aromatic rings. The molecule has 0 saturated carbocycles. The van der Waals surface area contributed by atoms with Gasteiger partial charge in [-0.05, 0) is 6.42 Å². The maximum Gasteiger partial charge on any atom is 0.502 e. The molecule has 0 unspecified atom stereocenters. The molecule has 1 heterocycles. The average Bonchev–Trinajstić information content (AvgIpc) is 2.12. The van der Waals surface area contributed by atoms with Crippen LogP contribution in [0.3, 0.4) is 0 Å². The molecule has 0 aromatic carbocycles. The van der Waals surface area contributed by atoms with Crippen molar-refractivity contribution in [2.24, 2.45) is 0 Å². The molecular formula is C5H7BF3O-. The van der Waals surface area contributed by atoms with Gasteiger partial charge in [-0.15, -0.1) is 5.98 Å². The summed E-state index contributed by atoms with van der Waals surface area (Å²) in [6.07, 6.45) is 0.432. The van der Waals surface area contributed by atoms with E-state index in [1.165, 1.54) is 0 Å². The smallest absolute Gasteiger partial charge is 0.445 e. The maximum absolute atomic E-state index is 11.6. The lowest BCUT2D eigenvalue weighted by Crippen LogP contribution is -2.11. The van der Waals surface area contributed by atoms with Gasteiger partial charge < -0.3 is 17.7 Å². The van der Waals surface area contributed by atoms with Gasteiger partial charge in [-0.2, -0.15) is 0 Å². The van der Waals surface area contributed by atoms with E-state index in [1.807, 2.05) is 0 Å². The Morgan fingerprint density at radius 2 is 2.10 bits per heavy atom. The minimum Gasteiger partial charge on any atom is -0.445 e. The van der Waals surface area contributed by atoms with Gasteiger partial charge in [0.1, 0.15) is 0 Å². The molecule has 0 amide bonds. The van der Waals surface area contributed by atoms with E-state index in [1.54, 1.807) is 0 Å². The Labute approximate surface area is 56.9 Å². The summed E-state index contributed by atoms with van der Waals surface area (Å²) >= 11 is 0. The first-order valence-corrected chi connectivity index (χ1v) is 3.06. The number of rotatable bonds is 1. The molecule has 1 aliphatic rings. The van der Waals surface area contributed by atoms with Crippen molar-refractivity contribution in [1.29, 1.82) is 0 Å². The van der Waals surface area contributed by atoms with Crippen molar-refractivity contribution in [3.8, 4) is 0 Å². The van der Waals surface area contributed by atoms with E-state index in [0.717, 1.165) is 0 Å². The number of hydrogen-bond acceptors (Lipinski definition) is 1. The predicted octanol–water partition coefficient (Wildman–Crippen LogP) is 1.72. The van der Waals surface area contributed by atoms with Crippen LogP contribution in [-0.4, -0.2) is 20.2 Å². The highest BCUT2D eigenvalue weighted by molar-refractivity contribution is 6.64. The highest BCUT2D eigenvalue weighted by Gasteiger charge is 2.20. The molecule has 5 heteroatoms. The molecule has 1 aliphatic heterocycles. The van der Waals surface area contributed by atoms with Gasteiger partial charge in [0.25, 0.3) is 0 Å². The third-order valence-corrected chi connectivity index (χ3v) is 1.28. The summed E-state index contributed by atoms with van der Waals surface area (Å²) in [4.78, 5) is 0. The van der Waals surface area contributed by atoms with Crippen LogP contribution in [0.5, 0.6) is 0 Å². The summed E-state index contributed by atoms with van der Waals surface area (Å²) in [6.45, 7) is -4.17. The van der Waals surface area contributed by atoms with Crippen molar-refractivity contribution in [1.82, 2.24) is 0 Å². The molecule has 0 bridgehead atoms. The third kappa shape index (κ3) is 2.43. The molecular weight excluding hydrogens is 144 g/mol. The summed E-state index contributed by atoms with van der Waals surface area (Å²) in [5, 5.41) is 0. The van der Waals surface area contributed by atoms with Crippen LogP contribution in [-0.2, 0) is 4.74 Å². The summed E-state index contributed by atoms with van der Waals surface area (Å²) in [7, 11) is 0. The van der Waals surface area contributed by atoms with E-state index in [-0.39, 0.29) is 6.61 Å². The third-order valence-electron chi connectivity index (χ3n) is 1.28. The second kappa shape index (κ2) is 2.66. The van der Waals surface area contributed by atoms with Crippen LogP contribution < -0.4 is 0 Å². The summed E-state index contributed by atoms with van der Waals surface area (Å²) < 4.78 is 39.7. The quantitative estimate of drug-likeness (QED) is 0.518. The van der Waals surface area contributed by atoms with Crippen LogP contribution >= 0.6 is 0 Å². The topological polar surface area (TPSA) is 9.23 Å². The molecule has 1 saturated heterocycles. The molecule has 1 fully saturated rings. The molecule has 0 radical (unpaired) electrons. The minimum absolute atomic E-state index is 0.154. The highest BCUT2D eigenvalue weighted by atomic mass is 19.4. The van der Waals surface area contributed by atoms with Gasteiger partial charge in [0, 0.05) is 0 Å². The molecule has 0 N–H and O–H groups in total. The van der Waals surface area contributed by atoms with E-state index in [0.29, 0.717) is 24.6 Å². The SMILES string of the molecule is F[B-](F)(F)C=C1CCOC1. The van der Waals surface area contributed by atoms with Gasteiger partial charge in [0.2, 0.25) is 0 Å². The monoisotopic (exact) mass is 151 g/mol. The minimum atomic E-state index is -4.76. The Morgan fingerprint density at radius 1 is 1.40 bits per heavy atom. The Bertz CT molecular complexity index is 143. The Balaban J connectivity index is 2.53. The number of ether oxygens (including phenoxy) is 1. The Morgan fingerprint density at radius 3 is 2.50 bits per heavy atom. The van der Waals surface area contributed by atoms with Crippen LogP contribution in [0.2, 0.25) is 0 Å². The van der Waals surface area contributed by atoms with Crippen LogP contribution in [0.4, 0.5) is 12.9 Å². The zero-order valence-corrected chi connectivity index (χ0v) is 5.32. The fourth-order valence-corrected chi connectivity index (χ4v) is 0.877. The van der Waals surface area contributed by atoms with Gasteiger partial charge >= 0.3 is 6.98 Å². The van der Waals surface area contributed by atoms with Crippen LogP contribution in [0.15, 0.2) is 11.5 Å². The van der Waals surface area contributed by atoms with E-state index in [4.69, 9.17) is 4.74 Å². The first-order valence-electron chi connectivity index (χ1n) is 3.06. The first kappa shape index (κ1) is 7.66. The largest absolute Gasteiger partial charge is 0.502 e. The van der Waals surface area contributed by atoms with Crippen LogP contribution in [0.1, 0.15) is 6.42 Å². The fraction of sp³-hybridized carbons (Fsp3) is 0.600. The molecule has 0 aliphatic carbocycles. The van der Waals surface area contributed by atoms with E-state index >= 15 is 0 Å². The highest BCUT2D eigenvalue weighted by Crippen LogP contribution is 2.18. The first-order chi connectivity index (χ1) is 4.58. The van der Waals surface area contributed by atoms with Crippen molar-refractivity contribution in [3.63, 3.8) is 0 Å². The van der Waals surface area contributed by atoms with Gasteiger partial charge in [0.05, 0.1) is 13.2 Å². The molecule has 10 heavy (non-hydrogen) atoms. The van der Waals surface area contributed by atoms with Crippen LogP contribution in [0.25, 0.3) is 0 Å². The number of halogens is 3. The number of hydrogen-bond donors (Lipinski definition) is 0. The van der Waals surface area contributed by atoms with E-state index < -0.39 is 6.98 Å². The lowest BCUT2D eigenvalue weighted by atomic mass is 9.88. The summed E-state index contributed by atoms with van der Waals surface area (Å²) in [5.74, 6) is 0.382. The second-order valence-electron chi connectivity index (χ2n) is 2.25. The second-order valence-corrected chi connectivity index (χ2v) is 2.25. The van der Waals surface area contributed by atoms with Gasteiger partial charge in [-0.25, -0.2) is 0 Å². The summed E-state index contributed by atoms with van der Waals surface area (Å²) in [5.41, 5.74) is 0.368. The normalized spacial score (nSPS) is 24.1. The van der Waals surface area contributed by atoms with E-state index in [2.05, 4.69) is 0 Å². The molecule has 0 spiro atoms. The molecule has 1 rings (SSSR count). The van der Waals surface area contributed by atoms with Crippen LogP contribution in [0, 0.1) is 0 Å². The molecule has 0 atom stereocenters. The zero-order chi connectivity index (χ0) is 7.61. The van der Waals surface area contributed by atoms with Gasteiger partial charge in [-0.3, -0.25) is 0 Å². The Hall–Kier alpha value is -0.445. The standard InChI is InChI=1S/C5H7BF3O/c7-6(8,9)3-5-1-2-10-4-5/h3H,1-2,4H2/q-1. The predicted molar refractivity (Wildman–Crippen MR) is 32.6 cm³/mol. The van der Waals surface area contributed by atoms with Gasteiger partial charge in [0.15, 0.2) is 0 Å². The fourth-order valence-electron chi connectivity index (χ4n) is 0.877. The summed E-state index contributed by atoms with van der Waals surface area (Å²) in [6, 6.07) is 0. The van der Waals surface area contributed by atoms with Crippen molar-refractivity contribution >= 4 is 6.98 Å².